The predicted octanol–water partition coefficient (Wildman–Crippen LogP) is 5.52. The molecule has 3 rings (SSSR count). The van der Waals surface area contributed by atoms with E-state index in [1.165, 1.54) is 21.0 Å². The molecule has 1 atom stereocenters. The summed E-state index contributed by atoms with van der Waals surface area (Å²) in [6.07, 6.45) is 5.94. The zero-order valence-corrected chi connectivity index (χ0v) is 19.6. The summed E-state index contributed by atoms with van der Waals surface area (Å²) < 4.78 is 22.5. The normalized spacial score (nSPS) is 16.1. The van der Waals surface area contributed by atoms with Crippen molar-refractivity contribution in [2.75, 3.05) is 14.2 Å². The summed E-state index contributed by atoms with van der Waals surface area (Å²) >= 11 is 0. The van der Waals surface area contributed by atoms with Gasteiger partial charge in [0.15, 0.2) is 11.5 Å². The number of rotatable bonds is 4. The number of benzene rings is 2. The summed E-state index contributed by atoms with van der Waals surface area (Å²) in [5, 5.41) is 0. The van der Waals surface area contributed by atoms with E-state index in [4.69, 9.17) is 18.9 Å². The van der Waals surface area contributed by atoms with Gasteiger partial charge in [0, 0.05) is 25.0 Å². The monoisotopic (exact) mass is 440 g/mol. The topological polar surface area (TPSA) is 71.1 Å². The molecule has 0 aliphatic heterocycles. The zero-order valence-electron chi connectivity index (χ0n) is 19.6. The first kappa shape index (κ1) is 23.6. The van der Waals surface area contributed by atoms with Crippen LogP contribution in [0.3, 0.4) is 0 Å². The maximum absolute atomic E-state index is 11.9. The van der Waals surface area contributed by atoms with E-state index in [-0.39, 0.29) is 0 Å². The zero-order chi connectivity index (χ0) is 23.3. The standard InChI is InChI=1S/C26H32O6/c1-16-8-6-7-9-20-15-22(25(29-4)26(30-5)24(20)32-18(3)28)21-14-19(11-10-16)12-13-23(21)31-17(2)27/h12-16H,6-11H2,1-5H3. The summed E-state index contributed by atoms with van der Waals surface area (Å²) in [7, 11) is 3.07. The van der Waals surface area contributed by atoms with Crippen molar-refractivity contribution in [1.29, 1.82) is 0 Å². The molecule has 4 bridgehead atoms. The number of aryl methyl sites for hydroxylation is 2. The Kier molecular flexibility index (Phi) is 7.78. The van der Waals surface area contributed by atoms with E-state index in [1.54, 1.807) is 7.11 Å². The second-order valence-corrected chi connectivity index (χ2v) is 8.39. The molecule has 0 saturated heterocycles. The van der Waals surface area contributed by atoms with E-state index in [0.717, 1.165) is 60.8 Å². The number of hydrogen-bond donors (Lipinski definition) is 0. The Balaban J connectivity index is 2.30. The molecule has 1 unspecified atom stereocenters. The minimum Gasteiger partial charge on any atom is -0.492 e. The molecule has 0 aromatic heterocycles. The van der Waals surface area contributed by atoms with Gasteiger partial charge in [0.05, 0.1) is 14.2 Å². The molecule has 1 aliphatic carbocycles. The summed E-state index contributed by atoms with van der Waals surface area (Å²) in [6, 6.07) is 7.86. The van der Waals surface area contributed by atoms with Gasteiger partial charge < -0.3 is 18.9 Å². The summed E-state index contributed by atoms with van der Waals surface area (Å²) in [5.74, 6) is 1.41. The molecule has 0 radical (unpaired) electrons. The molecule has 0 N–H and O–H groups in total. The first-order valence-electron chi connectivity index (χ1n) is 11.1. The second kappa shape index (κ2) is 10.5. The smallest absolute Gasteiger partial charge is 0.308 e. The molecule has 2 aromatic rings. The van der Waals surface area contributed by atoms with Crippen LogP contribution in [0.1, 0.15) is 57.6 Å². The number of hydrogen-bond acceptors (Lipinski definition) is 6. The Bertz CT molecular complexity index is 994. The van der Waals surface area contributed by atoms with Gasteiger partial charge in [-0.05, 0) is 60.9 Å². The van der Waals surface area contributed by atoms with Crippen LogP contribution in [0, 0.1) is 5.92 Å². The number of carbonyl (C=O) groups is 2. The molecule has 1 aliphatic rings. The van der Waals surface area contributed by atoms with Gasteiger partial charge >= 0.3 is 11.9 Å². The van der Waals surface area contributed by atoms with Gasteiger partial charge in [0.25, 0.3) is 0 Å². The lowest BCUT2D eigenvalue weighted by Gasteiger charge is -2.21. The fourth-order valence-corrected chi connectivity index (χ4v) is 4.26. The average molecular weight is 441 g/mol. The summed E-state index contributed by atoms with van der Waals surface area (Å²) in [6.45, 7) is 5.04. The highest BCUT2D eigenvalue weighted by molar-refractivity contribution is 5.85. The van der Waals surface area contributed by atoms with Gasteiger partial charge in [-0.25, -0.2) is 0 Å². The maximum Gasteiger partial charge on any atom is 0.308 e. The lowest BCUT2D eigenvalue weighted by Crippen LogP contribution is -2.08. The maximum atomic E-state index is 11.9. The largest absolute Gasteiger partial charge is 0.492 e. The van der Waals surface area contributed by atoms with Crippen molar-refractivity contribution < 1.29 is 28.5 Å². The van der Waals surface area contributed by atoms with Crippen molar-refractivity contribution in [2.24, 2.45) is 5.92 Å². The van der Waals surface area contributed by atoms with Crippen molar-refractivity contribution in [1.82, 2.24) is 0 Å². The third-order valence-corrected chi connectivity index (χ3v) is 5.83. The SMILES string of the molecule is COc1c2cc(c(OC(C)=O)c1OC)CCCCC(C)CCc1ccc(OC(C)=O)c-2c1. The number of ether oxygens (including phenoxy) is 4. The quantitative estimate of drug-likeness (QED) is 0.461. The van der Waals surface area contributed by atoms with Crippen molar-refractivity contribution in [3.8, 4) is 34.1 Å². The van der Waals surface area contributed by atoms with Crippen LogP contribution in [0.2, 0.25) is 0 Å². The average Bonchev–Trinajstić information content (AvgIpc) is 2.75. The van der Waals surface area contributed by atoms with Crippen molar-refractivity contribution in [3.05, 3.63) is 35.4 Å². The molecule has 0 saturated carbocycles. The first-order valence-corrected chi connectivity index (χ1v) is 11.1. The van der Waals surface area contributed by atoms with E-state index in [1.807, 2.05) is 18.2 Å². The van der Waals surface area contributed by atoms with Crippen LogP contribution in [-0.4, -0.2) is 26.2 Å². The minimum atomic E-state index is -0.423. The third-order valence-electron chi connectivity index (χ3n) is 5.83. The van der Waals surface area contributed by atoms with Crippen LogP contribution < -0.4 is 18.9 Å². The lowest BCUT2D eigenvalue weighted by atomic mass is 9.94. The molecule has 0 heterocycles. The Labute approximate surface area is 189 Å². The van der Waals surface area contributed by atoms with Gasteiger partial charge in [0.1, 0.15) is 5.75 Å². The Morgan fingerprint density at radius 1 is 0.812 bits per heavy atom. The minimum absolute atomic E-state index is 0.359. The van der Waals surface area contributed by atoms with E-state index in [9.17, 15) is 9.59 Å². The first-order chi connectivity index (χ1) is 15.3. The fraction of sp³-hybridized carbons (Fsp3) is 0.462. The van der Waals surface area contributed by atoms with E-state index in [2.05, 4.69) is 13.0 Å². The fourth-order valence-electron chi connectivity index (χ4n) is 4.26. The Hall–Kier alpha value is -3.02. The summed E-state index contributed by atoms with van der Waals surface area (Å²) in [4.78, 5) is 23.7. The molecule has 6 nitrogen and oxygen atoms in total. The van der Waals surface area contributed by atoms with Gasteiger partial charge in [-0.1, -0.05) is 25.8 Å². The molecule has 0 fully saturated rings. The van der Waals surface area contributed by atoms with Crippen LogP contribution in [0.25, 0.3) is 11.1 Å². The highest BCUT2D eigenvalue weighted by atomic mass is 16.6. The lowest BCUT2D eigenvalue weighted by molar-refractivity contribution is -0.132. The predicted molar refractivity (Wildman–Crippen MR) is 123 cm³/mol. The number of carbonyl (C=O) groups excluding carboxylic acids is 2. The third kappa shape index (κ3) is 5.42. The van der Waals surface area contributed by atoms with E-state index < -0.39 is 11.9 Å². The molecular formula is C26H32O6. The van der Waals surface area contributed by atoms with Crippen LogP contribution in [0.4, 0.5) is 0 Å². The van der Waals surface area contributed by atoms with Gasteiger partial charge in [-0.15, -0.1) is 0 Å². The molecule has 6 heteroatoms. The number of esters is 2. The number of fused-ring (bicyclic) bond motifs is 5. The highest BCUT2D eigenvalue weighted by Gasteiger charge is 2.25. The summed E-state index contributed by atoms with van der Waals surface area (Å²) in [5.41, 5.74) is 3.50. The van der Waals surface area contributed by atoms with Crippen molar-refractivity contribution >= 4 is 11.9 Å². The Morgan fingerprint density at radius 2 is 1.53 bits per heavy atom. The van der Waals surface area contributed by atoms with Gasteiger partial charge in [-0.2, -0.15) is 0 Å². The van der Waals surface area contributed by atoms with Crippen LogP contribution in [-0.2, 0) is 22.4 Å². The highest BCUT2D eigenvalue weighted by Crippen LogP contribution is 2.49. The van der Waals surface area contributed by atoms with E-state index >= 15 is 0 Å². The molecular weight excluding hydrogens is 408 g/mol. The molecule has 172 valence electrons. The second-order valence-electron chi connectivity index (χ2n) is 8.39. The Morgan fingerprint density at radius 3 is 2.19 bits per heavy atom. The van der Waals surface area contributed by atoms with Crippen molar-refractivity contribution in [2.45, 2.75) is 59.3 Å². The van der Waals surface area contributed by atoms with Crippen molar-refractivity contribution in [3.63, 3.8) is 0 Å². The van der Waals surface area contributed by atoms with Crippen LogP contribution in [0.5, 0.6) is 23.0 Å². The molecule has 0 spiro atoms. The molecule has 2 aromatic carbocycles. The van der Waals surface area contributed by atoms with Crippen LogP contribution in [0.15, 0.2) is 24.3 Å². The number of methoxy groups -OCH3 is 2. The molecule has 0 amide bonds. The molecule has 32 heavy (non-hydrogen) atoms. The van der Waals surface area contributed by atoms with Gasteiger partial charge in [-0.3, -0.25) is 9.59 Å². The van der Waals surface area contributed by atoms with E-state index in [0.29, 0.717) is 28.9 Å². The van der Waals surface area contributed by atoms with Crippen LogP contribution >= 0.6 is 0 Å². The van der Waals surface area contributed by atoms with Gasteiger partial charge in [0.2, 0.25) is 5.75 Å².